The molecule has 0 bridgehead atoms. The molecule has 9 heteroatoms. The second-order valence-corrected chi connectivity index (χ2v) is 6.99. The van der Waals surface area contributed by atoms with E-state index in [9.17, 15) is 10.1 Å². The zero-order chi connectivity index (χ0) is 20.1. The normalized spacial score (nSPS) is 16.4. The van der Waals surface area contributed by atoms with Gasteiger partial charge >= 0.3 is 0 Å². The van der Waals surface area contributed by atoms with Crippen molar-refractivity contribution in [1.29, 1.82) is 0 Å². The Morgan fingerprint density at radius 2 is 2.17 bits per heavy atom. The standard InChI is InChI=1S/C20H21N5O4/c26-25(27)17-6-1-5-16(10-17)20-22-19(29-23-20)14-24(13-18-7-3-9-28-18)12-15-4-2-8-21-11-15/h1-2,4-6,8,10-11,18H,3,7,9,12-14H2/t18-/m1/s1. The van der Waals surface area contributed by atoms with Gasteiger partial charge in [-0.15, -0.1) is 0 Å². The minimum Gasteiger partial charge on any atom is -0.377 e. The van der Waals surface area contributed by atoms with E-state index < -0.39 is 4.92 Å². The van der Waals surface area contributed by atoms with Gasteiger partial charge in [0, 0.05) is 49.8 Å². The summed E-state index contributed by atoms with van der Waals surface area (Å²) in [6.07, 6.45) is 5.88. The van der Waals surface area contributed by atoms with Crippen LogP contribution in [0.4, 0.5) is 5.69 Å². The van der Waals surface area contributed by atoms with Crippen LogP contribution >= 0.6 is 0 Å². The highest BCUT2D eigenvalue weighted by atomic mass is 16.6. The average molecular weight is 395 g/mol. The van der Waals surface area contributed by atoms with Gasteiger partial charge in [-0.05, 0) is 24.5 Å². The van der Waals surface area contributed by atoms with E-state index in [0.29, 0.717) is 30.4 Å². The van der Waals surface area contributed by atoms with Crippen LogP contribution in [0.2, 0.25) is 0 Å². The number of nitrogens with zero attached hydrogens (tertiary/aromatic N) is 5. The first-order valence-electron chi connectivity index (χ1n) is 9.47. The summed E-state index contributed by atoms with van der Waals surface area (Å²) < 4.78 is 11.2. The Hall–Kier alpha value is -3.17. The van der Waals surface area contributed by atoms with Crippen LogP contribution in [0.1, 0.15) is 24.3 Å². The highest BCUT2D eigenvalue weighted by molar-refractivity contribution is 5.58. The summed E-state index contributed by atoms with van der Waals surface area (Å²) in [5, 5.41) is 15.0. The van der Waals surface area contributed by atoms with Crippen LogP contribution in [-0.4, -0.2) is 44.2 Å². The SMILES string of the molecule is O=[N+]([O-])c1cccc(-c2noc(CN(Cc3cccnc3)C[C@H]3CCCO3)n2)c1. The third-order valence-electron chi connectivity index (χ3n) is 4.76. The van der Waals surface area contributed by atoms with E-state index in [1.54, 1.807) is 18.3 Å². The zero-order valence-corrected chi connectivity index (χ0v) is 15.8. The van der Waals surface area contributed by atoms with Crippen molar-refractivity contribution in [2.45, 2.75) is 32.0 Å². The van der Waals surface area contributed by atoms with E-state index in [4.69, 9.17) is 9.26 Å². The van der Waals surface area contributed by atoms with Crippen LogP contribution < -0.4 is 0 Å². The smallest absolute Gasteiger partial charge is 0.270 e. The number of nitro groups is 1. The van der Waals surface area contributed by atoms with Crippen molar-refractivity contribution in [3.05, 3.63) is 70.4 Å². The van der Waals surface area contributed by atoms with Gasteiger partial charge in [-0.25, -0.2) is 0 Å². The minimum atomic E-state index is -0.443. The summed E-state index contributed by atoms with van der Waals surface area (Å²) in [7, 11) is 0. The molecular formula is C20H21N5O4. The topological polar surface area (TPSA) is 107 Å². The molecule has 1 aliphatic rings. The van der Waals surface area contributed by atoms with Crippen molar-refractivity contribution < 1.29 is 14.2 Å². The Morgan fingerprint density at radius 1 is 1.24 bits per heavy atom. The molecule has 150 valence electrons. The van der Waals surface area contributed by atoms with Crippen LogP contribution in [0.15, 0.2) is 53.3 Å². The lowest BCUT2D eigenvalue weighted by molar-refractivity contribution is -0.384. The molecule has 0 N–H and O–H groups in total. The third-order valence-corrected chi connectivity index (χ3v) is 4.76. The molecule has 1 fully saturated rings. The highest BCUT2D eigenvalue weighted by Gasteiger charge is 2.22. The van der Waals surface area contributed by atoms with Gasteiger partial charge in [-0.3, -0.25) is 20.0 Å². The van der Waals surface area contributed by atoms with Gasteiger partial charge in [0.05, 0.1) is 17.6 Å². The predicted octanol–water partition coefficient (Wildman–Crippen LogP) is 3.22. The van der Waals surface area contributed by atoms with Crippen molar-refractivity contribution in [2.75, 3.05) is 13.2 Å². The van der Waals surface area contributed by atoms with Gasteiger partial charge in [0.1, 0.15) is 0 Å². The summed E-state index contributed by atoms with van der Waals surface area (Å²) in [6, 6.07) is 10.1. The van der Waals surface area contributed by atoms with Crippen molar-refractivity contribution >= 4 is 5.69 Å². The van der Waals surface area contributed by atoms with Crippen LogP contribution in [0.25, 0.3) is 11.4 Å². The molecule has 2 aromatic heterocycles. The van der Waals surface area contributed by atoms with E-state index in [0.717, 1.165) is 31.6 Å². The van der Waals surface area contributed by atoms with E-state index >= 15 is 0 Å². The van der Waals surface area contributed by atoms with Crippen LogP contribution in [0, 0.1) is 10.1 Å². The van der Waals surface area contributed by atoms with E-state index in [-0.39, 0.29) is 11.8 Å². The maximum atomic E-state index is 11.0. The molecule has 0 spiro atoms. The summed E-state index contributed by atoms with van der Waals surface area (Å²) in [4.78, 5) is 21.4. The first-order valence-corrected chi connectivity index (χ1v) is 9.47. The van der Waals surface area contributed by atoms with Crippen molar-refractivity contribution in [1.82, 2.24) is 20.0 Å². The molecule has 1 aliphatic heterocycles. The molecule has 1 saturated heterocycles. The Bertz CT molecular complexity index is 956. The van der Waals surface area contributed by atoms with Crippen molar-refractivity contribution in [3.8, 4) is 11.4 Å². The van der Waals surface area contributed by atoms with E-state index in [2.05, 4.69) is 20.0 Å². The number of pyridine rings is 1. The lowest BCUT2D eigenvalue weighted by atomic mass is 10.2. The Labute approximate surface area is 167 Å². The van der Waals surface area contributed by atoms with Crippen LogP contribution in [0.3, 0.4) is 0 Å². The summed E-state index contributed by atoms with van der Waals surface area (Å²) in [5.74, 6) is 0.788. The van der Waals surface area contributed by atoms with Crippen molar-refractivity contribution in [3.63, 3.8) is 0 Å². The number of hydrogen-bond donors (Lipinski definition) is 0. The number of benzene rings is 1. The Kier molecular flexibility index (Phi) is 5.87. The molecule has 1 aromatic carbocycles. The average Bonchev–Trinajstić information content (AvgIpc) is 3.41. The number of rotatable bonds is 8. The Balaban J connectivity index is 1.49. The lowest BCUT2D eigenvalue weighted by Gasteiger charge is -2.23. The van der Waals surface area contributed by atoms with Crippen LogP contribution in [-0.2, 0) is 17.8 Å². The van der Waals surface area contributed by atoms with Gasteiger partial charge in [0.25, 0.3) is 5.69 Å². The molecule has 0 aliphatic carbocycles. The van der Waals surface area contributed by atoms with Crippen molar-refractivity contribution in [2.24, 2.45) is 0 Å². The molecule has 1 atom stereocenters. The molecule has 0 amide bonds. The molecule has 9 nitrogen and oxygen atoms in total. The fourth-order valence-electron chi connectivity index (χ4n) is 3.40. The number of hydrogen-bond acceptors (Lipinski definition) is 8. The summed E-state index contributed by atoms with van der Waals surface area (Å²) >= 11 is 0. The van der Waals surface area contributed by atoms with Crippen LogP contribution in [0.5, 0.6) is 0 Å². The van der Waals surface area contributed by atoms with Gasteiger partial charge < -0.3 is 9.26 Å². The van der Waals surface area contributed by atoms with E-state index in [1.807, 2.05) is 18.3 Å². The minimum absolute atomic E-state index is 0.00886. The van der Waals surface area contributed by atoms with Gasteiger partial charge in [0.15, 0.2) is 0 Å². The molecule has 3 heterocycles. The fourth-order valence-corrected chi connectivity index (χ4v) is 3.40. The van der Waals surface area contributed by atoms with Gasteiger partial charge in [-0.2, -0.15) is 4.98 Å². The Morgan fingerprint density at radius 3 is 2.93 bits per heavy atom. The maximum absolute atomic E-state index is 11.0. The fraction of sp³-hybridized carbons (Fsp3) is 0.350. The molecule has 0 saturated carbocycles. The molecule has 4 rings (SSSR count). The lowest BCUT2D eigenvalue weighted by Crippen LogP contribution is -2.31. The molecule has 0 unspecified atom stereocenters. The number of ether oxygens (including phenoxy) is 1. The number of nitro benzene ring substituents is 1. The number of aromatic nitrogens is 3. The molecular weight excluding hydrogens is 374 g/mol. The first-order chi connectivity index (χ1) is 14.2. The summed E-state index contributed by atoms with van der Waals surface area (Å²) in [5.41, 5.74) is 1.63. The molecule has 3 aromatic rings. The monoisotopic (exact) mass is 395 g/mol. The highest BCUT2D eigenvalue weighted by Crippen LogP contribution is 2.22. The molecule has 29 heavy (non-hydrogen) atoms. The zero-order valence-electron chi connectivity index (χ0n) is 15.8. The van der Waals surface area contributed by atoms with Gasteiger partial charge in [0.2, 0.25) is 11.7 Å². The second kappa shape index (κ2) is 8.89. The second-order valence-electron chi connectivity index (χ2n) is 6.99. The van der Waals surface area contributed by atoms with E-state index in [1.165, 1.54) is 12.1 Å². The summed E-state index contributed by atoms with van der Waals surface area (Å²) in [6.45, 7) is 2.69. The van der Waals surface area contributed by atoms with Gasteiger partial charge in [-0.1, -0.05) is 23.4 Å². The maximum Gasteiger partial charge on any atom is 0.270 e. The number of non-ortho nitro benzene ring substituents is 1. The third kappa shape index (κ3) is 5.01. The first kappa shape index (κ1) is 19.2. The predicted molar refractivity (Wildman–Crippen MR) is 104 cm³/mol. The quantitative estimate of drug-likeness (QED) is 0.423. The molecule has 0 radical (unpaired) electrons. The largest absolute Gasteiger partial charge is 0.377 e.